The van der Waals surface area contributed by atoms with Crippen molar-refractivity contribution in [3.05, 3.63) is 53.8 Å². The normalized spacial score (nSPS) is 16.6. The summed E-state index contributed by atoms with van der Waals surface area (Å²) in [4.78, 5) is 0. The van der Waals surface area contributed by atoms with Crippen molar-refractivity contribution < 1.29 is 22.3 Å². The van der Waals surface area contributed by atoms with Crippen LogP contribution in [-0.4, -0.2) is 6.36 Å². The second kappa shape index (κ2) is 9.19. The van der Waals surface area contributed by atoms with E-state index in [1.807, 2.05) is 12.1 Å². The van der Waals surface area contributed by atoms with Crippen LogP contribution < -0.4 is 4.74 Å². The highest BCUT2D eigenvalue weighted by Crippen LogP contribution is 2.44. The smallest absolute Gasteiger partial charge is 0.403 e. The topological polar surface area (TPSA) is 9.23 Å². The molecule has 0 heterocycles. The van der Waals surface area contributed by atoms with E-state index in [2.05, 4.69) is 23.8 Å². The minimum absolute atomic E-state index is 0.224. The molecule has 0 saturated heterocycles. The Morgan fingerprint density at radius 1 is 0.897 bits per heavy atom. The minimum atomic E-state index is -4.91. The Labute approximate surface area is 170 Å². The SMILES string of the molecule is CCCCCC1(c2ccc(-c3ccc(OC(F)(F)F)c(F)c3)cc2)CCCCC1. The summed E-state index contributed by atoms with van der Waals surface area (Å²) >= 11 is 0. The number of benzene rings is 2. The Kier molecular flexibility index (Phi) is 6.86. The Morgan fingerprint density at radius 2 is 1.55 bits per heavy atom. The van der Waals surface area contributed by atoms with E-state index in [-0.39, 0.29) is 5.41 Å². The van der Waals surface area contributed by atoms with Crippen LogP contribution in [0.2, 0.25) is 0 Å². The first-order valence-electron chi connectivity index (χ1n) is 10.5. The fourth-order valence-corrected chi connectivity index (χ4v) is 4.53. The first-order chi connectivity index (χ1) is 13.8. The van der Waals surface area contributed by atoms with Crippen molar-refractivity contribution >= 4 is 0 Å². The highest BCUT2D eigenvalue weighted by molar-refractivity contribution is 5.65. The van der Waals surface area contributed by atoms with Crippen LogP contribution >= 0.6 is 0 Å². The van der Waals surface area contributed by atoms with Gasteiger partial charge in [-0.25, -0.2) is 4.39 Å². The van der Waals surface area contributed by atoms with Crippen molar-refractivity contribution in [3.63, 3.8) is 0 Å². The average molecular weight is 408 g/mol. The molecule has 0 aromatic heterocycles. The summed E-state index contributed by atoms with van der Waals surface area (Å²) in [7, 11) is 0. The summed E-state index contributed by atoms with van der Waals surface area (Å²) in [6.07, 6.45) is 6.15. The molecule has 0 amide bonds. The largest absolute Gasteiger partial charge is 0.573 e. The molecule has 5 heteroatoms. The third-order valence-electron chi connectivity index (χ3n) is 6.06. The van der Waals surface area contributed by atoms with Gasteiger partial charge in [0.2, 0.25) is 0 Å². The molecule has 1 fully saturated rings. The van der Waals surface area contributed by atoms with Gasteiger partial charge in [0.05, 0.1) is 0 Å². The predicted octanol–water partition coefficient (Wildman–Crippen LogP) is 8.17. The van der Waals surface area contributed by atoms with E-state index in [0.29, 0.717) is 5.56 Å². The molecule has 2 aromatic carbocycles. The van der Waals surface area contributed by atoms with Gasteiger partial charge in [-0.3, -0.25) is 0 Å². The van der Waals surface area contributed by atoms with E-state index >= 15 is 0 Å². The number of hydrogen-bond acceptors (Lipinski definition) is 1. The lowest BCUT2D eigenvalue weighted by Crippen LogP contribution is -2.29. The number of unbranched alkanes of at least 4 members (excludes halogenated alkanes) is 2. The molecule has 3 rings (SSSR count). The zero-order valence-corrected chi connectivity index (χ0v) is 16.8. The Balaban J connectivity index is 1.80. The maximum Gasteiger partial charge on any atom is 0.573 e. The Morgan fingerprint density at radius 3 is 2.14 bits per heavy atom. The fourth-order valence-electron chi connectivity index (χ4n) is 4.53. The molecular formula is C24H28F4O. The predicted molar refractivity (Wildman–Crippen MR) is 107 cm³/mol. The molecule has 1 aliphatic rings. The second-order valence-corrected chi connectivity index (χ2v) is 8.07. The molecule has 1 saturated carbocycles. The van der Waals surface area contributed by atoms with E-state index in [0.717, 1.165) is 17.7 Å². The number of hydrogen-bond donors (Lipinski definition) is 0. The van der Waals surface area contributed by atoms with Gasteiger partial charge >= 0.3 is 6.36 Å². The molecule has 2 aromatic rings. The van der Waals surface area contributed by atoms with Crippen LogP contribution in [-0.2, 0) is 5.41 Å². The first-order valence-corrected chi connectivity index (χ1v) is 10.5. The maximum atomic E-state index is 14.0. The molecule has 0 aliphatic heterocycles. The summed E-state index contributed by atoms with van der Waals surface area (Å²) in [6, 6.07) is 11.7. The zero-order chi connectivity index (χ0) is 20.9. The molecule has 1 aliphatic carbocycles. The summed E-state index contributed by atoms with van der Waals surface area (Å²) in [5.41, 5.74) is 2.87. The molecule has 0 atom stereocenters. The van der Waals surface area contributed by atoms with Crippen LogP contribution in [0.25, 0.3) is 11.1 Å². The molecule has 0 bridgehead atoms. The first kappa shape index (κ1) is 21.7. The lowest BCUT2D eigenvalue weighted by molar-refractivity contribution is -0.275. The van der Waals surface area contributed by atoms with Crippen molar-refractivity contribution in [1.82, 2.24) is 0 Å². The van der Waals surface area contributed by atoms with Crippen LogP contribution in [0.15, 0.2) is 42.5 Å². The standard InChI is InChI=1S/C24H28F4O/c1-2-3-5-14-23(15-6-4-7-16-23)20-11-8-18(9-12-20)19-10-13-22(21(25)17-19)29-24(26,27)28/h8-13,17H,2-7,14-16H2,1H3. The minimum Gasteiger partial charge on any atom is -0.403 e. The molecule has 0 N–H and O–H groups in total. The number of ether oxygens (including phenoxy) is 1. The zero-order valence-electron chi connectivity index (χ0n) is 16.8. The van der Waals surface area contributed by atoms with Crippen LogP contribution in [0, 0.1) is 5.82 Å². The highest BCUT2D eigenvalue weighted by atomic mass is 19.4. The molecule has 29 heavy (non-hydrogen) atoms. The van der Waals surface area contributed by atoms with E-state index in [4.69, 9.17) is 0 Å². The van der Waals surface area contributed by atoms with Gasteiger partial charge < -0.3 is 4.74 Å². The maximum absolute atomic E-state index is 14.0. The molecule has 158 valence electrons. The molecule has 1 nitrogen and oxygen atoms in total. The van der Waals surface area contributed by atoms with Gasteiger partial charge in [0, 0.05) is 0 Å². The molecular weight excluding hydrogens is 380 g/mol. The molecule has 0 unspecified atom stereocenters. The van der Waals surface area contributed by atoms with Crippen molar-refractivity contribution in [1.29, 1.82) is 0 Å². The lowest BCUT2D eigenvalue weighted by atomic mass is 9.66. The second-order valence-electron chi connectivity index (χ2n) is 8.07. The summed E-state index contributed by atoms with van der Waals surface area (Å²) in [5, 5.41) is 0. The Hall–Kier alpha value is -2.04. The lowest BCUT2D eigenvalue weighted by Gasteiger charge is -2.38. The van der Waals surface area contributed by atoms with E-state index in [1.165, 1.54) is 69.4 Å². The van der Waals surface area contributed by atoms with E-state index in [1.54, 1.807) is 0 Å². The highest BCUT2D eigenvalue weighted by Gasteiger charge is 2.34. The van der Waals surface area contributed by atoms with Crippen molar-refractivity contribution in [2.45, 2.75) is 76.5 Å². The number of halogens is 4. The summed E-state index contributed by atoms with van der Waals surface area (Å²) < 4.78 is 54.7. The third-order valence-corrected chi connectivity index (χ3v) is 6.06. The van der Waals surface area contributed by atoms with Gasteiger partial charge in [-0.05, 0) is 53.5 Å². The van der Waals surface area contributed by atoms with Gasteiger partial charge in [0.1, 0.15) is 0 Å². The van der Waals surface area contributed by atoms with Gasteiger partial charge in [-0.1, -0.05) is 75.8 Å². The van der Waals surface area contributed by atoms with Crippen molar-refractivity contribution in [2.75, 3.05) is 0 Å². The van der Waals surface area contributed by atoms with Crippen LogP contribution in [0.5, 0.6) is 5.75 Å². The van der Waals surface area contributed by atoms with Gasteiger partial charge in [0.25, 0.3) is 0 Å². The van der Waals surface area contributed by atoms with Crippen LogP contribution in [0.3, 0.4) is 0 Å². The van der Waals surface area contributed by atoms with Gasteiger partial charge in [0.15, 0.2) is 11.6 Å². The summed E-state index contributed by atoms with van der Waals surface area (Å²) in [5.74, 6) is -1.83. The van der Waals surface area contributed by atoms with E-state index in [9.17, 15) is 17.6 Å². The van der Waals surface area contributed by atoms with Crippen molar-refractivity contribution in [2.24, 2.45) is 0 Å². The monoisotopic (exact) mass is 408 g/mol. The number of alkyl halides is 3. The Bertz CT molecular complexity index is 790. The van der Waals surface area contributed by atoms with Crippen LogP contribution in [0.1, 0.15) is 70.3 Å². The van der Waals surface area contributed by atoms with Gasteiger partial charge in [-0.2, -0.15) is 0 Å². The molecule has 0 spiro atoms. The summed E-state index contributed by atoms with van der Waals surface area (Å²) in [6.45, 7) is 2.21. The molecule has 0 radical (unpaired) electrons. The fraction of sp³-hybridized carbons (Fsp3) is 0.500. The van der Waals surface area contributed by atoms with Crippen molar-refractivity contribution in [3.8, 4) is 16.9 Å². The quantitative estimate of drug-likeness (QED) is 0.332. The van der Waals surface area contributed by atoms with E-state index < -0.39 is 17.9 Å². The number of rotatable bonds is 7. The third kappa shape index (κ3) is 5.52. The van der Waals surface area contributed by atoms with Gasteiger partial charge in [-0.15, -0.1) is 13.2 Å². The average Bonchev–Trinajstić information content (AvgIpc) is 2.70. The van der Waals surface area contributed by atoms with Crippen LogP contribution in [0.4, 0.5) is 17.6 Å².